The van der Waals surface area contributed by atoms with Crippen LogP contribution in [-0.2, 0) is 11.2 Å². The van der Waals surface area contributed by atoms with Crippen LogP contribution < -0.4 is 5.32 Å². The number of fused-ring (bicyclic) bond motifs is 1. The number of nitrogens with one attached hydrogen (secondary N) is 2. The standard InChI is InChI=1S/C23H36N2O2/c1-2-3-4-5-6-7-8-9-10-13-16-24-22(23(26)27)17-19-18-25-21-15-12-11-14-20(19)21/h11-12,14-15,18,22,24-25H,2-10,13,16-17H2,1H3,(H,26,27)/t22-/m0/s1. The number of benzene rings is 1. The maximum Gasteiger partial charge on any atom is 0.321 e. The number of aliphatic carboxylic acids is 1. The van der Waals surface area contributed by atoms with Gasteiger partial charge < -0.3 is 15.4 Å². The highest BCUT2D eigenvalue weighted by Gasteiger charge is 2.18. The Morgan fingerprint density at radius 1 is 1.00 bits per heavy atom. The molecule has 2 aromatic rings. The zero-order valence-corrected chi connectivity index (χ0v) is 16.8. The average molecular weight is 373 g/mol. The van der Waals surface area contributed by atoms with Gasteiger partial charge in [0.2, 0.25) is 0 Å². The van der Waals surface area contributed by atoms with Gasteiger partial charge in [-0.15, -0.1) is 0 Å². The Labute approximate surface area is 163 Å². The molecule has 1 aromatic heterocycles. The molecule has 3 N–H and O–H groups in total. The second kappa shape index (κ2) is 12.6. The van der Waals surface area contributed by atoms with Gasteiger partial charge in [0.1, 0.15) is 6.04 Å². The third-order valence-corrected chi connectivity index (χ3v) is 5.32. The third-order valence-electron chi connectivity index (χ3n) is 5.32. The molecule has 0 saturated heterocycles. The monoisotopic (exact) mass is 372 g/mol. The first-order chi connectivity index (χ1) is 13.2. The van der Waals surface area contributed by atoms with E-state index in [1.165, 1.54) is 57.8 Å². The third kappa shape index (κ3) is 7.76. The number of carboxylic acid groups (broad SMARTS) is 1. The van der Waals surface area contributed by atoms with E-state index >= 15 is 0 Å². The molecule has 0 unspecified atom stereocenters. The number of H-pyrrole nitrogens is 1. The van der Waals surface area contributed by atoms with Gasteiger partial charge in [-0.1, -0.05) is 82.9 Å². The molecule has 0 radical (unpaired) electrons. The Hall–Kier alpha value is -1.81. The number of hydrogen-bond donors (Lipinski definition) is 3. The fourth-order valence-corrected chi connectivity index (χ4v) is 3.66. The van der Waals surface area contributed by atoms with Gasteiger partial charge >= 0.3 is 5.97 Å². The van der Waals surface area contributed by atoms with Gasteiger partial charge in [0, 0.05) is 23.5 Å². The fraction of sp³-hybridized carbons (Fsp3) is 0.609. The summed E-state index contributed by atoms with van der Waals surface area (Å²) < 4.78 is 0. The first-order valence-electron chi connectivity index (χ1n) is 10.7. The maximum absolute atomic E-state index is 11.6. The summed E-state index contributed by atoms with van der Waals surface area (Å²) >= 11 is 0. The Kier molecular flexibility index (Phi) is 9.99. The molecule has 0 aliphatic heterocycles. The Morgan fingerprint density at radius 2 is 1.63 bits per heavy atom. The second-order valence-electron chi connectivity index (χ2n) is 7.59. The van der Waals surface area contributed by atoms with Crippen molar-refractivity contribution in [3.05, 3.63) is 36.0 Å². The van der Waals surface area contributed by atoms with Crippen LogP contribution in [0.5, 0.6) is 0 Å². The predicted molar refractivity (Wildman–Crippen MR) is 113 cm³/mol. The molecule has 0 bridgehead atoms. The number of unbranched alkanes of at least 4 members (excludes halogenated alkanes) is 9. The van der Waals surface area contributed by atoms with Crippen LogP contribution >= 0.6 is 0 Å². The summed E-state index contributed by atoms with van der Waals surface area (Å²) in [4.78, 5) is 14.8. The van der Waals surface area contributed by atoms with Crippen molar-refractivity contribution < 1.29 is 9.90 Å². The van der Waals surface area contributed by atoms with E-state index in [9.17, 15) is 9.90 Å². The number of rotatable bonds is 15. The van der Waals surface area contributed by atoms with E-state index in [1.54, 1.807) is 0 Å². The SMILES string of the molecule is CCCCCCCCCCCCN[C@@H](Cc1c[nH]c2ccccc12)C(=O)O. The van der Waals surface area contributed by atoms with Crippen molar-refractivity contribution in [1.82, 2.24) is 10.3 Å². The molecule has 1 atom stereocenters. The van der Waals surface area contributed by atoms with Crippen molar-refractivity contribution in [3.8, 4) is 0 Å². The molecule has 1 heterocycles. The molecule has 0 fully saturated rings. The van der Waals surface area contributed by atoms with E-state index in [-0.39, 0.29) is 0 Å². The summed E-state index contributed by atoms with van der Waals surface area (Å²) in [6.07, 6.45) is 15.4. The highest BCUT2D eigenvalue weighted by molar-refractivity contribution is 5.84. The Balaban J connectivity index is 1.61. The number of hydrogen-bond acceptors (Lipinski definition) is 2. The molecule has 0 amide bonds. The zero-order chi connectivity index (χ0) is 19.3. The fourth-order valence-electron chi connectivity index (χ4n) is 3.66. The molecule has 1 aromatic carbocycles. The van der Waals surface area contributed by atoms with Crippen molar-refractivity contribution in [1.29, 1.82) is 0 Å². The van der Waals surface area contributed by atoms with Crippen molar-refractivity contribution in [2.75, 3.05) is 6.54 Å². The largest absolute Gasteiger partial charge is 0.480 e. The highest BCUT2D eigenvalue weighted by atomic mass is 16.4. The van der Waals surface area contributed by atoms with Crippen LogP contribution in [0.4, 0.5) is 0 Å². The summed E-state index contributed by atoms with van der Waals surface area (Å²) in [5.41, 5.74) is 2.12. The van der Waals surface area contributed by atoms with Gasteiger partial charge in [0.05, 0.1) is 0 Å². The smallest absolute Gasteiger partial charge is 0.321 e. The summed E-state index contributed by atoms with van der Waals surface area (Å²) in [5, 5.41) is 13.9. The predicted octanol–water partition coefficient (Wildman–Crippen LogP) is 5.67. The minimum atomic E-state index is -0.771. The molecular formula is C23H36N2O2. The highest BCUT2D eigenvalue weighted by Crippen LogP contribution is 2.19. The number of para-hydroxylation sites is 1. The van der Waals surface area contributed by atoms with Gasteiger partial charge in [-0.05, 0) is 24.6 Å². The van der Waals surface area contributed by atoms with Crippen LogP contribution in [0.25, 0.3) is 10.9 Å². The van der Waals surface area contributed by atoms with E-state index in [0.717, 1.165) is 29.4 Å². The first kappa shape index (κ1) is 21.5. The normalized spacial score (nSPS) is 12.5. The van der Waals surface area contributed by atoms with E-state index in [2.05, 4.69) is 17.2 Å². The average Bonchev–Trinajstić information content (AvgIpc) is 3.08. The van der Waals surface area contributed by atoms with Gasteiger partial charge in [0.25, 0.3) is 0 Å². The number of carboxylic acids is 1. The van der Waals surface area contributed by atoms with E-state index < -0.39 is 12.0 Å². The molecule has 4 heteroatoms. The lowest BCUT2D eigenvalue weighted by molar-refractivity contribution is -0.139. The molecule has 0 saturated carbocycles. The number of carbonyl (C=O) groups is 1. The minimum Gasteiger partial charge on any atom is -0.480 e. The lowest BCUT2D eigenvalue weighted by Gasteiger charge is -2.14. The van der Waals surface area contributed by atoms with Crippen molar-refractivity contribution in [3.63, 3.8) is 0 Å². The van der Waals surface area contributed by atoms with Gasteiger partial charge in [-0.3, -0.25) is 4.79 Å². The summed E-state index contributed by atoms with van der Waals surface area (Å²) in [6.45, 7) is 3.03. The van der Waals surface area contributed by atoms with E-state index in [4.69, 9.17) is 0 Å². The topological polar surface area (TPSA) is 65.1 Å². The van der Waals surface area contributed by atoms with Crippen LogP contribution in [0, 0.1) is 0 Å². The van der Waals surface area contributed by atoms with Crippen molar-refractivity contribution in [2.24, 2.45) is 0 Å². The molecule has 27 heavy (non-hydrogen) atoms. The number of aromatic amines is 1. The summed E-state index contributed by atoms with van der Waals surface area (Å²) in [7, 11) is 0. The van der Waals surface area contributed by atoms with Crippen LogP contribution in [0.2, 0.25) is 0 Å². The van der Waals surface area contributed by atoms with Gasteiger partial charge in [-0.25, -0.2) is 0 Å². The molecule has 0 aliphatic rings. The summed E-state index contributed by atoms with van der Waals surface area (Å²) in [5.74, 6) is -0.771. The summed E-state index contributed by atoms with van der Waals surface area (Å²) in [6, 6.07) is 7.52. The minimum absolute atomic E-state index is 0.511. The number of aromatic nitrogens is 1. The molecule has 150 valence electrons. The zero-order valence-electron chi connectivity index (χ0n) is 16.8. The van der Waals surface area contributed by atoms with E-state index in [0.29, 0.717) is 6.42 Å². The second-order valence-corrected chi connectivity index (χ2v) is 7.59. The first-order valence-corrected chi connectivity index (χ1v) is 10.7. The van der Waals surface area contributed by atoms with Crippen LogP contribution in [0.3, 0.4) is 0 Å². The molecule has 0 spiro atoms. The molecule has 4 nitrogen and oxygen atoms in total. The van der Waals surface area contributed by atoms with Crippen LogP contribution in [0.1, 0.15) is 76.7 Å². The van der Waals surface area contributed by atoms with Gasteiger partial charge in [-0.2, -0.15) is 0 Å². The quantitative estimate of drug-likeness (QED) is 0.353. The maximum atomic E-state index is 11.6. The lowest BCUT2D eigenvalue weighted by atomic mass is 10.0. The van der Waals surface area contributed by atoms with Crippen molar-refractivity contribution >= 4 is 16.9 Å². The van der Waals surface area contributed by atoms with E-state index in [1.807, 2.05) is 30.5 Å². The molecule has 0 aliphatic carbocycles. The molecule has 2 rings (SSSR count). The Bertz CT molecular complexity index is 665. The van der Waals surface area contributed by atoms with Crippen LogP contribution in [-0.4, -0.2) is 28.6 Å². The molecular weight excluding hydrogens is 336 g/mol. The Morgan fingerprint density at radius 3 is 2.30 bits per heavy atom. The van der Waals surface area contributed by atoms with Crippen molar-refractivity contribution in [2.45, 2.75) is 83.6 Å². The lowest BCUT2D eigenvalue weighted by Crippen LogP contribution is -2.39. The van der Waals surface area contributed by atoms with Gasteiger partial charge in [0.15, 0.2) is 0 Å². The van der Waals surface area contributed by atoms with Crippen LogP contribution in [0.15, 0.2) is 30.5 Å².